The van der Waals surface area contributed by atoms with Gasteiger partial charge < -0.3 is 10.6 Å². The molecule has 1 saturated heterocycles. The number of rotatable bonds is 4. The molecule has 0 amide bonds. The molecule has 2 aromatic carbocycles. The molecule has 24 heavy (non-hydrogen) atoms. The number of benzene rings is 2. The Kier molecular flexibility index (Phi) is 9.25. The standard InChI is InChI=1S/C18H20Cl2N2.2ClH/c19-14-5-1-4-13(10-14)11-18-17(8-3-9-21-18)22-16-7-2-6-15(20)12-16;;/h1-2,4-7,10,12,17-18,21-22H,3,8-9,11H2;2*1H/t17-,18-;;/m0../s1. The van der Waals surface area contributed by atoms with Crippen molar-refractivity contribution in [3.63, 3.8) is 0 Å². The zero-order chi connectivity index (χ0) is 15.4. The van der Waals surface area contributed by atoms with Crippen LogP contribution in [0, 0.1) is 0 Å². The van der Waals surface area contributed by atoms with Crippen molar-refractivity contribution < 1.29 is 0 Å². The van der Waals surface area contributed by atoms with Crippen molar-refractivity contribution in [2.75, 3.05) is 11.9 Å². The van der Waals surface area contributed by atoms with E-state index in [1.54, 1.807) is 0 Å². The van der Waals surface area contributed by atoms with Crippen LogP contribution >= 0.6 is 48.0 Å². The Hall–Kier alpha value is -0.640. The summed E-state index contributed by atoms with van der Waals surface area (Å²) in [6.45, 7) is 1.07. The molecular formula is C18H22Cl4N2. The van der Waals surface area contributed by atoms with Gasteiger partial charge in [0, 0.05) is 27.8 Å². The topological polar surface area (TPSA) is 24.1 Å². The van der Waals surface area contributed by atoms with Crippen molar-refractivity contribution in [1.29, 1.82) is 0 Å². The van der Waals surface area contributed by atoms with Crippen LogP contribution in [0.2, 0.25) is 10.0 Å². The molecular weight excluding hydrogens is 386 g/mol. The lowest BCUT2D eigenvalue weighted by atomic mass is 9.92. The Morgan fingerprint density at radius 2 is 1.71 bits per heavy atom. The molecule has 0 saturated carbocycles. The minimum Gasteiger partial charge on any atom is -0.381 e. The summed E-state index contributed by atoms with van der Waals surface area (Å²) in [5.41, 5.74) is 2.35. The fraction of sp³-hybridized carbons (Fsp3) is 0.333. The van der Waals surface area contributed by atoms with Crippen LogP contribution in [0.25, 0.3) is 0 Å². The fourth-order valence-electron chi connectivity index (χ4n) is 3.05. The largest absolute Gasteiger partial charge is 0.381 e. The number of piperidine rings is 1. The molecule has 132 valence electrons. The van der Waals surface area contributed by atoms with Gasteiger partial charge in [0.05, 0.1) is 0 Å². The van der Waals surface area contributed by atoms with E-state index in [1.807, 2.05) is 36.4 Å². The van der Waals surface area contributed by atoms with Gasteiger partial charge in [0.15, 0.2) is 0 Å². The molecule has 1 aliphatic heterocycles. The molecule has 2 nitrogen and oxygen atoms in total. The minimum atomic E-state index is 0. The second kappa shape index (κ2) is 10.4. The molecule has 3 rings (SSSR count). The maximum Gasteiger partial charge on any atom is 0.0426 e. The third kappa shape index (κ3) is 6.02. The predicted molar refractivity (Wildman–Crippen MR) is 110 cm³/mol. The smallest absolute Gasteiger partial charge is 0.0426 e. The SMILES string of the molecule is Cl.Cl.Clc1cccc(C[C@@H]2NCCC[C@@H]2Nc2cccc(Cl)c2)c1. The van der Waals surface area contributed by atoms with E-state index in [-0.39, 0.29) is 24.8 Å². The van der Waals surface area contributed by atoms with Crippen LogP contribution in [0.1, 0.15) is 18.4 Å². The van der Waals surface area contributed by atoms with Gasteiger partial charge in [-0.05, 0) is 61.7 Å². The first kappa shape index (κ1) is 21.4. The van der Waals surface area contributed by atoms with Crippen molar-refractivity contribution in [2.45, 2.75) is 31.3 Å². The Labute approximate surface area is 166 Å². The van der Waals surface area contributed by atoms with Crippen LogP contribution in [0.15, 0.2) is 48.5 Å². The van der Waals surface area contributed by atoms with Crippen LogP contribution in [0.3, 0.4) is 0 Å². The molecule has 1 aliphatic rings. The van der Waals surface area contributed by atoms with Crippen molar-refractivity contribution in [3.8, 4) is 0 Å². The van der Waals surface area contributed by atoms with Gasteiger partial charge in [-0.3, -0.25) is 0 Å². The average molecular weight is 408 g/mol. The summed E-state index contributed by atoms with van der Waals surface area (Å²) in [6.07, 6.45) is 3.31. The summed E-state index contributed by atoms with van der Waals surface area (Å²) in [6, 6.07) is 16.8. The molecule has 2 aromatic rings. The summed E-state index contributed by atoms with van der Waals surface area (Å²) >= 11 is 12.2. The van der Waals surface area contributed by atoms with Gasteiger partial charge in [0.2, 0.25) is 0 Å². The Morgan fingerprint density at radius 3 is 2.42 bits per heavy atom. The number of hydrogen-bond acceptors (Lipinski definition) is 2. The van der Waals surface area contributed by atoms with Crippen LogP contribution in [-0.2, 0) is 6.42 Å². The molecule has 0 radical (unpaired) electrons. The average Bonchev–Trinajstić information content (AvgIpc) is 2.49. The normalized spacial score (nSPS) is 19.8. The van der Waals surface area contributed by atoms with Crippen LogP contribution < -0.4 is 10.6 Å². The maximum atomic E-state index is 6.10. The Balaban J connectivity index is 0.00000144. The highest BCUT2D eigenvalue weighted by Crippen LogP contribution is 2.22. The fourth-order valence-corrected chi connectivity index (χ4v) is 3.45. The highest BCUT2D eigenvalue weighted by molar-refractivity contribution is 6.31. The van der Waals surface area contributed by atoms with E-state index in [0.29, 0.717) is 12.1 Å². The van der Waals surface area contributed by atoms with Crippen molar-refractivity contribution in [1.82, 2.24) is 5.32 Å². The van der Waals surface area contributed by atoms with E-state index < -0.39 is 0 Å². The lowest BCUT2D eigenvalue weighted by molar-refractivity contribution is 0.366. The minimum absolute atomic E-state index is 0. The molecule has 0 aromatic heterocycles. The monoisotopic (exact) mass is 406 g/mol. The number of halogens is 4. The van der Waals surface area contributed by atoms with Crippen molar-refractivity contribution >= 4 is 53.7 Å². The third-order valence-electron chi connectivity index (χ3n) is 4.11. The van der Waals surface area contributed by atoms with Gasteiger partial charge in [-0.15, -0.1) is 24.8 Å². The van der Waals surface area contributed by atoms with E-state index in [0.717, 1.165) is 35.1 Å². The van der Waals surface area contributed by atoms with Gasteiger partial charge in [0.1, 0.15) is 0 Å². The van der Waals surface area contributed by atoms with E-state index in [9.17, 15) is 0 Å². The van der Waals surface area contributed by atoms with Crippen LogP contribution in [0.4, 0.5) is 5.69 Å². The van der Waals surface area contributed by atoms with Crippen molar-refractivity contribution in [2.24, 2.45) is 0 Å². The molecule has 0 bridgehead atoms. The molecule has 0 aliphatic carbocycles. The highest BCUT2D eigenvalue weighted by atomic mass is 35.5. The van der Waals surface area contributed by atoms with E-state index in [1.165, 1.54) is 12.0 Å². The zero-order valence-electron chi connectivity index (χ0n) is 13.2. The first-order chi connectivity index (χ1) is 10.7. The van der Waals surface area contributed by atoms with Gasteiger partial charge in [-0.1, -0.05) is 41.4 Å². The van der Waals surface area contributed by atoms with Gasteiger partial charge in [-0.2, -0.15) is 0 Å². The highest BCUT2D eigenvalue weighted by Gasteiger charge is 2.24. The second-order valence-electron chi connectivity index (χ2n) is 5.80. The number of hydrogen-bond donors (Lipinski definition) is 2. The van der Waals surface area contributed by atoms with Gasteiger partial charge >= 0.3 is 0 Å². The summed E-state index contributed by atoms with van der Waals surface area (Å²) in [7, 11) is 0. The number of anilines is 1. The second-order valence-corrected chi connectivity index (χ2v) is 6.67. The molecule has 0 unspecified atom stereocenters. The Bertz CT molecular complexity index is 580. The summed E-state index contributed by atoms with van der Waals surface area (Å²) in [4.78, 5) is 0. The third-order valence-corrected chi connectivity index (χ3v) is 4.58. The van der Waals surface area contributed by atoms with E-state index in [2.05, 4.69) is 22.8 Å². The van der Waals surface area contributed by atoms with Crippen LogP contribution in [0.5, 0.6) is 0 Å². The summed E-state index contributed by atoms with van der Waals surface area (Å²) < 4.78 is 0. The lowest BCUT2D eigenvalue weighted by Crippen LogP contribution is -2.49. The summed E-state index contributed by atoms with van der Waals surface area (Å²) in [5.74, 6) is 0. The molecule has 1 fully saturated rings. The van der Waals surface area contributed by atoms with Crippen LogP contribution in [-0.4, -0.2) is 18.6 Å². The molecule has 2 N–H and O–H groups in total. The van der Waals surface area contributed by atoms with Gasteiger partial charge in [0.25, 0.3) is 0 Å². The molecule has 2 atom stereocenters. The zero-order valence-corrected chi connectivity index (χ0v) is 16.3. The van der Waals surface area contributed by atoms with E-state index >= 15 is 0 Å². The molecule has 0 spiro atoms. The van der Waals surface area contributed by atoms with E-state index in [4.69, 9.17) is 23.2 Å². The Morgan fingerprint density at radius 1 is 1.00 bits per heavy atom. The van der Waals surface area contributed by atoms with Gasteiger partial charge in [-0.25, -0.2) is 0 Å². The quantitative estimate of drug-likeness (QED) is 0.687. The molecule has 1 heterocycles. The predicted octanol–water partition coefficient (Wildman–Crippen LogP) is 5.61. The maximum absolute atomic E-state index is 6.10. The summed E-state index contributed by atoms with van der Waals surface area (Å²) in [5, 5.41) is 8.82. The number of nitrogens with one attached hydrogen (secondary N) is 2. The van der Waals surface area contributed by atoms with Crippen molar-refractivity contribution in [3.05, 3.63) is 64.1 Å². The first-order valence-corrected chi connectivity index (χ1v) is 8.46. The first-order valence-electron chi connectivity index (χ1n) is 7.70. The lowest BCUT2D eigenvalue weighted by Gasteiger charge is -2.34. The molecule has 6 heteroatoms.